The van der Waals surface area contributed by atoms with Gasteiger partial charge in [-0.05, 0) is 29.6 Å². The first kappa shape index (κ1) is 14.5. The van der Waals surface area contributed by atoms with Crippen LogP contribution in [0, 0.1) is 5.82 Å². The minimum Gasteiger partial charge on any atom is -0.346 e. The average Bonchev–Trinajstić information content (AvgIpc) is 3.22. The van der Waals surface area contributed by atoms with Gasteiger partial charge in [0.15, 0.2) is 11.2 Å². The van der Waals surface area contributed by atoms with Gasteiger partial charge in [0.05, 0.1) is 17.6 Å². The number of nitrogens with zero attached hydrogens (tertiary/aromatic N) is 3. The third kappa shape index (κ3) is 2.35. The molecule has 0 aliphatic carbocycles. The van der Waals surface area contributed by atoms with Gasteiger partial charge in [-0.1, -0.05) is 11.3 Å². The van der Waals surface area contributed by atoms with E-state index in [0.717, 1.165) is 4.88 Å². The fourth-order valence-electron chi connectivity index (χ4n) is 2.45. The van der Waals surface area contributed by atoms with Crippen molar-refractivity contribution in [2.24, 2.45) is 0 Å². The summed E-state index contributed by atoms with van der Waals surface area (Å²) in [5, 5.41) is 12.3. The summed E-state index contributed by atoms with van der Waals surface area (Å²) >= 11 is 1.51. The van der Waals surface area contributed by atoms with E-state index >= 15 is 0 Å². The second-order valence-corrected chi connectivity index (χ2v) is 6.11. The Hall–Kier alpha value is -3.07. The molecule has 0 unspecified atom stereocenters. The first-order valence-corrected chi connectivity index (χ1v) is 7.89. The topological polar surface area (TPSA) is 92.2 Å². The predicted octanol–water partition coefficient (Wildman–Crippen LogP) is 1.70. The summed E-state index contributed by atoms with van der Waals surface area (Å²) in [6, 6.07) is 7.68. The summed E-state index contributed by atoms with van der Waals surface area (Å²) in [6.45, 7) is 0.340. The molecule has 0 saturated heterocycles. The Kier molecular flexibility index (Phi) is 3.35. The van der Waals surface area contributed by atoms with Crippen LogP contribution in [0.15, 0.2) is 40.5 Å². The summed E-state index contributed by atoms with van der Waals surface area (Å²) in [7, 11) is 0. The highest BCUT2D eigenvalue weighted by Gasteiger charge is 2.19. The average molecular weight is 343 g/mol. The zero-order chi connectivity index (χ0) is 16.7. The van der Waals surface area contributed by atoms with Gasteiger partial charge in [-0.3, -0.25) is 9.59 Å². The van der Waals surface area contributed by atoms with Gasteiger partial charge in [-0.15, -0.1) is 16.4 Å². The van der Waals surface area contributed by atoms with Crippen molar-refractivity contribution in [1.82, 2.24) is 25.1 Å². The molecule has 4 aromatic rings. The van der Waals surface area contributed by atoms with Crippen molar-refractivity contribution < 1.29 is 9.18 Å². The van der Waals surface area contributed by atoms with Crippen LogP contribution >= 0.6 is 11.3 Å². The predicted molar refractivity (Wildman–Crippen MR) is 86.6 cm³/mol. The molecule has 3 aromatic heterocycles. The lowest BCUT2D eigenvalue weighted by molar-refractivity contribution is 0.0948. The van der Waals surface area contributed by atoms with Gasteiger partial charge in [0.25, 0.3) is 11.5 Å². The number of aromatic nitrogens is 4. The van der Waals surface area contributed by atoms with Crippen molar-refractivity contribution in [3.05, 3.63) is 62.5 Å². The number of carbonyl (C=O) groups is 1. The van der Waals surface area contributed by atoms with Crippen LogP contribution in [0.2, 0.25) is 0 Å². The number of fused-ring (bicyclic) bond motifs is 3. The highest BCUT2D eigenvalue weighted by Crippen LogP contribution is 2.14. The van der Waals surface area contributed by atoms with Crippen LogP contribution in [0.3, 0.4) is 0 Å². The Morgan fingerprint density at radius 3 is 3.04 bits per heavy atom. The molecule has 120 valence electrons. The number of nitrogens with one attached hydrogen (secondary N) is 2. The van der Waals surface area contributed by atoms with Gasteiger partial charge in [0.2, 0.25) is 0 Å². The van der Waals surface area contributed by atoms with Crippen LogP contribution in [-0.2, 0) is 6.54 Å². The third-order valence-electron chi connectivity index (χ3n) is 3.54. The summed E-state index contributed by atoms with van der Waals surface area (Å²) in [5.41, 5.74) is 0.134. The van der Waals surface area contributed by atoms with Crippen molar-refractivity contribution in [3.8, 4) is 0 Å². The minimum atomic E-state index is -0.556. The molecule has 4 rings (SSSR count). The Morgan fingerprint density at radius 1 is 1.38 bits per heavy atom. The molecule has 0 atom stereocenters. The molecule has 7 nitrogen and oxygen atoms in total. The van der Waals surface area contributed by atoms with E-state index in [4.69, 9.17) is 0 Å². The molecule has 1 aromatic carbocycles. The molecular formula is C15H10FN5O2S. The Balaban J connectivity index is 1.78. The molecular weight excluding hydrogens is 333 g/mol. The normalized spacial score (nSPS) is 11.2. The highest BCUT2D eigenvalue weighted by molar-refractivity contribution is 7.09. The zero-order valence-electron chi connectivity index (χ0n) is 12.1. The summed E-state index contributed by atoms with van der Waals surface area (Å²) < 4.78 is 14.6. The van der Waals surface area contributed by atoms with E-state index in [1.807, 2.05) is 17.5 Å². The molecule has 3 heterocycles. The fraction of sp³-hybridized carbons (Fsp3) is 0.0667. The van der Waals surface area contributed by atoms with Crippen LogP contribution < -0.4 is 10.9 Å². The smallest absolute Gasteiger partial charge is 0.277 e. The molecule has 24 heavy (non-hydrogen) atoms. The maximum Gasteiger partial charge on any atom is 0.277 e. The second-order valence-electron chi connectivity index (χ2n) is 5.08. The summed E-state index contributed by atoms with van der Waals surface area (Å²) in [4.78, 5) is 28.1. The second kappa shape index (κ2) is 5.53. The number of carbonyl (C=O) groups excluding carboxylic acids is 1. The number of amides is 1. The molecule has 0 bridgehead atoms. The standard InChI is InChI=1S/C15H10FN5O2S/c16-8-3-4-11-10(6-8)18-15(23)13-12(19-20-21(11)13)14(22)17-7-9-2-1-5-24-9/h1-6H,7H2,(H,17,22)(H,18,23). The number of aromatic amines is 1. The SMILES string of the molecule is O=C(NCc1cccs1)c1nnn2c1c(=O)[nH]c1cc(F)ccc12. The number of hydrogen-bond acceptors (Lipinski definition) is 5. The number of halogens is 1. The van der Waals surface area contributed by atoms with E-state index < -0.39 is 17.3 Å². The fourth-order valence-corrected chi connectivity index (χ4v) is 3.09. The van der Waals surface area contributed by atoms with Crippen molar-refractivity contribution in [1.29, 1.82) is 0 Å². The molecule has 1 amide bonds. The molecule has 0 fully saturated rings. The quantitative estimate of drug-likeness (QED) is 0.592. The van der Waals surface area contributed by atoms with E-state index in [0.29, 0.717) is 12.1 Å². The number of benzene rings is 1. The van der Waals surface area contributed by atoms with E-state index in [9.17, 15) is 14.0 Å². The van der Waals surface area contributed by atoms with Crippen LogP contribution in [0.1, 0.15) is 15.4 Å². The van der Waals surface area contributed by atoms with Crippen molar-refractivity contribution >= 4 is 33.8 Å². The molecule has 2 N–H and O–H groups in total. The molecule has 0 spiro atoms. The lowest BCUT2D eigenvalue weighted by atomic mass is 10.2. The Labute approximate surface area is 137 Å². The molecule has 0 aliphatic rings. The number of rotatable bonds is 3. The first-order chi connectivity index (χ1) is 11.6. The number of H-pyrrole nitrogens is 1. The van der Waals surface area contributed by atoms with E-state index in [1.54, 1.807) is 0 Å². The van der Waals surface area contributed by atoms with Crippen molar-refractivity contribution in [3.63, 3.8) is 0 Å². The van der Waals surface area contributed by atoms with Gasteiger partial charge in [0, 0.05) is 4.88 Å². The van der Waals surface area contributed by atoms with Crippen LogP contribution in [0.25, 0.3) is 16.6 Å². The van der Waals surface area contributed by atoms with Crippen LogP contribution in [0.5, 0.6) is 0 Å². The van der Waals surface area contributed by atoms with E-state index in [1.165, 1.54) is 34.1 Å². The van der Waals surface area contributed by atoms with Gasteiger partial charge >= 0.3 is 0 Å². The summed E-state index contributed by atoms with van der Waals surface area (Å²) in [5.74, 6) is -0.975. The van der Waals surface area contributed by atoms with Crippen LogP contribution in [-0.4, -0.2) is 25.7 Å². The largest absolute Gasteiger partial charge is 0.346 e. The lowest BCUT2D eigenvalue weighted by Crippen LogP contribution is -2.24. The Morgan fingerprint density at radius 2 is 2.25 bits per heavy atom. The molecule has 0 aliphatic heterocycles. The number of hydrogen-bond donors (Lipinski definition) is 2. The van der Waals surface area contributed by atoms with Crippen molar-refractivity contribution in [2.45, 2.75) is 6.54 Å². The minimum absolute atomic E-state index is 0.0257. The first-order valence-electron chi connectivity index (χ1n) is 7.01. The van der Waals surface area contributed by atoms with Gasteiger partial charge in [-0.2, -0.15) is 0 Å². The molecule has 0 saturated carbocycles. The van der Waals surface area contributed by atoms with E-state index in [2.05, 4.69) is 20.6 Å². The van der Waals surface area contributed by atoms with E-state index in [-0.39, 0.29) is 16.7 Å². The monoisotopic (exact) mass is 343 g/mol. The maximum absolute atomic E-state index is 13.3. The molecule has 0 radical (unpaired) electrons. The van der Waals surface area contributed by atoms with Crippen molar-refractivity contribution in [2.75, 3.05) is 0 Å². The summed E-state index contributed by atoms with van der Waals surface area (Å²) in [6.07, 6.45) is 0. The van der Waals surface area contributed by atoms with Gasteiger partial charge in [-0.25, -0.2) is 8.91 Å². The molecule has 9 heteroatoms. The van der Waals surface area contributed by atoms with Crippen LogP contribution in [0.4, 0.5) is 4.39 Å². The lowest BCUT2D eigenvalue weighted by Gasteiger charge is -2.02. The van der Waals surface area contributed by atoms with Gasteiger partial charge in [0.1, 0.15) is 5.82 Å². The zero-order valence-corrected chi connectivity index (χ0v) is 12.9. The Bertz CT molecular complexity index is 1120. The maximum atomic E-state index is 13.3. The number of thiophene rings is 1. The third-order valence-corrected chi connectivity index (χ3v) is 4.42. The highest BCUT2D eigenvalue weighted by atomic mass is 32.1. The van der Waals surface area contributed by atoms with Gasteiger partial charge < -0.3 is 10.3 Å².